The maximum absolute atomic E-state index is 13.2. The highest BCUT2D eigenvalue weighted by atomic mass is 19.1. The number of hydrogen-bond acceptors (Lipinski definition) is 1. The van der Waals surface area contributed by atoms with Crippen molar-refractivity contribution in [2.24, 2.45) is 5.92 Å². The summed E-state index contributed by atoms with van der Waals surface area (Å²) in [7, 11) is 0. The second kappa shape index (κ2) is 4.98. The Morgan fingerprint density at radius 1 is 1.05 bits per heavy atom. The van der Waals surface area contributed by atoms with E-state index in [4.69, 9.17) is 0 Å². The summed E-state index contributed by atoms with van der Waals surface area (Å²) < 4.78 is 13.2. The summed E-state index contributed by atoms with van der Waals surface area (Å²) in [5.74, 6) is 0.804. The summed E-state index contributed by atoms with van der Waals surface area (Å²) in [6.45, 7) is 4.34. The summed E-state index contributed by atoms with van der Waals surface area (Å²) in [5.41, 5.74) is 6.47. The Kier molecular flexibility index (Phi) is 3.07. The van der Waals surface area contributed by atoms with E-state index in [-0.39, 0.29) is 11.9 Å². The monoisotopic (exact) mass is 293 g/mol. The van der Waals surface area contributed by atoms with Gasteiger partial charge in [0.2, 0.25) is 0 Å². The van der Waals surface area contributed by atoms with Crippen LogP contribution in [0.3, 0.4) is 0 Å². The van der Waals surface area contributed by atoms with Crippen LogP contribution in [0.5, 0.6) is 0 Å². The van der Waals surface area contributed by atoms with Crippen molar-refractivity contribution in [3.05, 3.63) is 76.6 Å². The summed E-state index contributed by atoms with van der Waals surface area (Å²) in [4.78, 5) is 0. The minimum absolute atomic E-state index is 0.173. The van der Waals surface area contributed by atoms with E-state index in [0.717, 1.165) is 6.42 Å². The maximum atomic E-state index is 13.2. The SMILES string of the molecule is Cc1ccc2c(c1C)NC(c1ccc(F)cc1)C1CC=CC21. The van der Waals surface area contributed by atoms with Crippen LogP contribution in [0.1, 0.15) is 40.6 Å². The summed E-state index contributed by atoms with van der Waals surface area (Å²) in [5, 5.41) is 3.75. The first kappa shape index (κ1) is 13.6. The number of allylic oxidation sites excluding steroid dienone is 2. The van der Waals surface area contributed by atoms with Gasteiger partial charge in [-0.1, -0.05) is 36.4 Å². The van der Waals surface area contributed by atoms with Gasteiger partial charge in [-0.15, -0.1) is 0 Å². The first-order valence-corrected chi connectivity index (χ1v) is 7.94. The summed E-state index contributed by atoms with van der Waals surface area (Å²) in [6, 6.07) is 11.7. The van der Waals surface area contributed by atoms with Crippen molar-refractivity contribution in [1.29, 1.82) is 0 Å². The lowest BCUT2D eigenvalue weighted by atomic mass is 9.76. The fourth-order valence-corrected chi connectivity index (χ4v) is 3.92. The molecule has 0 bridgehead atoms. The lowest BCUT2D eigenvalue weighted by Crippen LogP contribution is -2.29. The van der Waals surface area contributed by atoms with Crippen molar-refractivity contribution >= 4 is 5.69 Å². The van der Waals surface area contributed by atoms with Crippen LogP contribution in [-0.2, 0) is 0 Å². The van der Waals surface area contributed by atoms with Crippen molar-refractivity contribution in [3.8, 4) is 0 Å². The van der Waals surface area contributed by atoms with Crippen LogP contribution in [-0.4, -0.2) is 0 Å². The third kappa shape index (κ3) is 1.98. The lowest BCUT2D eigenvalue weighted by molar-refractivity contribution is 0.424. The Balaban J connectivity index is 1.82. The molecule has 0 saturated heterocycles. The minimum Gasteiger partial charge on any atom is -0.377 e. The molecule has 3 unspecified atom stereocenters. The van der Waals surface area contributed by atoms with E-state index in [1.807, 2.05) is 12.1 Å². The third-order valence-electron chi connectivity index (χ3n) is 5.30. The van der Waals surface area contributed by atoms with Crippen LogP contribution in [0.2, 0.25) is 0 Å². The maximum Gasteiger partial charge on any atom is 0.123 e. The molecular formula is C20H20FN. The second-order valence-electron chi connectivity index (χ2n) is 6.50. The van der Waals surface area contributed by atoms with Gasteiger partial charge in [-0.05, 0) is 60.6 Å². The van der Waals surface area contributed by atoms with E-state index in [1.54, 1.807) is 12.1 Å². The van der Waals surface area contributed by atoms with Crippen molar-refractivity contribution in [2.75, 3.05) is 5.32 Å². The van der Waals surface area contributed by atoms with Crippen LogP contribution in [0.25, 0.3) is 0 Å². The number of halogens is 1. The van der Waals surface area contributed by atoms with E-state index in [0.29, 0.717) is 11.8 Å². The van der Waals surface area contributed by atoms with E-state index >= 15 is 0 Å². The quantitative estimate of drug-likeness (QED) is 0.706. The molecule has 2 aliphatic rings. The Morgan fingerprint density at radius 2 is 1.82 bits per heavy atom. The molecule has 2 aromatic carbocycles. The Labute approximate surface area is 130 Å². The lowest BCUT2D eigenvalue weighted by Gasteiger charge is -2.38. The zero-order valence-electron chi connectivity index (χ0n) is 12.9. The van der Waals surface area contributed by atoms with Crippen LogP contribution < -0.4 is 5.32 Å². The zero-order chi connectivity index (χ0) is 15.3. The van der Waals surface area contributed by atoms with Gasteiger partial charge < -0.3 is 5.32 Å². The molecule has 1 aliphatic heterocycles. The highest BCUT2D eigenvalue weighted by molar-refractivity contribution is 5.65. The predicted molar refractivity (Wildman–Crippen MR) is 88.7 cm³/mol. The van der Waals surface area contributed by atoms with Gasteiger partial charge in [0.05, 0.1) is 6.04 Å². The molecule has 0 radical (unpaired) electrons. The van der Waals surface area contributed by atoms with Crippen molar-refractivity contribution in [2.45, 2.75) is 32.2 Å². The van der Waals surface area contributed by atoms with Gasteiger partial charge in [0.1, 0.15) is 5.82 Å². The van der Waals surface area contributed by atoms with Crippen molar-refractivity contribution < 1.29 is 4.39 Å². The molecule has 0 spiro atoms. The van der Waals surface area contributed by atoms with Gasteiger partial charge in [-0.25, -0.2) is 4.39 Å². The second-order valence-corrected chi connectivity index (χ2v) is 6.50. The van der Waals surface area contributed by atoms with Crippen molar-refractivity contribution in [1.82, 2.24) is 0 Å². The summed E-state index contributed by atoms with van der Waals surface area (Å²) >= 11 is 0. The predicted octanol–water partition coefficient (Wildman–Crippen LogP) is 5.27. The molecule has 0 saturated carbocycles. The molecule has 1 nitrogen and oxygen atoms in total. The van der Waals surface area contributed by atoms with Gasteiger partial charge in [0.25, 0.3) is 0 Å². The van der Waals surface area contributed by atoms with E-state index in [1.165, 1.54) is 27.9 Å². The van der Waals surface area contributed by atoms with Crippen LogP contribution >= 0.6 is 0 Å². The Hall–Kier alpha value is -2.09. The molecule has 22 heavy (non-hydrogen) atoms. The number of fused-ring (bicyclic) bond motifs is 3. The molecule has 0 amide bonds. The van der Waals surface area contributed by atoms with E-state index in [2.05, 4.69) is 43.4 Å². The molecule has 1 heterocycles. The normalized spacial score (nSPS) is 25.5. The molecular weight excluding hydrogens is 273 g/mol. The number of hydrogen-bond donors (Lipinski definition) is 1. The van der Waals surface area contributed by atoms with Gasteiger partial charge in [0.15, 0.2) is 0 Å². The molecule has 2 heteroatoms. The largest absolute Gasteiger partial charge is 0.377 e. The van der Waals surface area contributed by atoms with Gasteiger partial charge in [-0.2, -0.15) is 0 Å². The van der Waals surface area contributed by atoms with Gasteiger partial charge in [0, 0.05) is 11.6 Å². The number of aryl methyl sites for hydroxylation is 1. The number of nitrogens with one attached hydrogen (secondary N) is 1. The van der Waals surface area contributed by atoms with Crippen LogP contribution in [0.15, 0.2) is 48.6 Å². The first-order valence-electron chi connectivity index (χ1n) is 7.94. The topological polar surface area (TPSA) is 12.0 Å². The summed E-state index contributed by atoms with van der Waals surface area (Å²) in [6.07, 6.45) is 5.71. The number of benzene rings is 2. The van der Waals surface area contributed by atoms with Crippen molar-refractivity contribution in [3.63, 3.8) is 0 Å². The zero-order valence-corrected chi connectivity index (χ0v) is 12.9. The minimum atomic E-state index is -0.173. The highest BCUT2D eigenvalue weighted by Gasteiger charge is 2.38. The van der Waals surface area contributed by atoms with Crippen LogP contribution in [0.4, 0.5) is 10.1 Å². The van der Waals surface area contributed by atoms with Crippen LogP contribution in [0, 0.1) is 25.6 Å². The van der Waals surface area contributed by atoms with Gasteiger partial charge in [-0.3, -0.25) is 0 Å². The van der Waals surface area contributed by atoms with Gasteiger partial charge >= 0.3 is 0 Å². The molecule has 1 aliphatic carbocycles. The average Bonchev–Trinajstić information content (AvgIpc) is 3.01. The Bertz CT molecular complexity index is 745. The molecule has 0 aromatic heterocycles. The molecule has 0 fully saturated rings. The van der Waals surface area contributed by atoms with E-state index in [9.17, 15) is 4.39 Å². The number of rotatable bonds is 1. The highest BCUT2D eigenvalue weighted by Crippen LogP contribution is 2.50. The fourth-order valence-electron chi connectivity index (χ4n) is 3.92. The smallest absolute Gasteiger partial charge is 0.123 e. The average molecular weight is 293 g/mol. The fraction of sp³-hybridized carbons (Fsp3) is 0.300. The standard InChI is InChI=1S/C20H20FN/c1-12-6-11-18-16-4-3-5-17(16)20(22-19(18)13(12)2)14-7-9-15(21)10-8-14/h3-4,6-11,16-17,20,22H,5H2,1-2H3. The molecule has 112 valence electrons. The number of anilines is 1. The van der Waals surface area contributed by atoms with E-state index < -0.39 is 0 Å². The first-order chi connectivity index (χ1) is 10.6. The molecule has 3 atom stereocenters. The molecule has 2 aromatic rings. The molecule has 4 rings (SSSR count). The molecule has 1 N–H and O–H groups in total. The third-order valence-corrected chi connectivity index (χ3v) is 5.30. The Morgan fingerprint density at radius 3 is 2.59 bits per heavy atom.